The van der Waals surface area contributed by atoms with Crippen molar-refractivity contribution >= 4 is 11.6 Å². The van der Waals surface area contributed by atoms with E-state index in [1.807, 2.05) is 35.2 Å². The first-order valence-electron chi connectivity index (χ1n) is 8.68. The Morgan fingerprint density at radius 3 is 2.96 bits per heavy atom. The zero-order chi connectivity index (χ0) is 16.8. The van der Waals surface area contributed by atoms with Gasteiger partial charge in [0.25, 0.3) is 5.91 Å². The topological polar surface area (TPSA) is 58.1 Å². The number of anilines is 1. The van der Waals surface area contributed by atoms with Crippen molar-refractivity contribution in [1.82, 2.24) is 14.9 Å². The van der Waals surface area contributed by atoms with Gasteiger partial charge >= 0.3 is 0 Å². The monoisotopic (exact) mass is 324 g/mol. The minimum atomic E-state index is 0.0445. The van der Waals surface area contributed by atoms with Gasteiger partial charge in [0.15, 0.2) is 0 Å². The van der Waals surface area contributed by atoms with Gasteiger partial charge < -0.3 is 10.2 Å². The maximum Gasteiger partial charge on any atom is 0.272 e. The summed E-state index contributed by atoms with van der Waals surface area (Å²) in [5.41, 5.74) is 2.37. The van der Waals surface area contributed by atoms with Gasteiger partial charge in [0.05, 0.1) is 12.2 Å². The number of hydrogen-bond acceptors (Lipinski definition) is 4. The highest BCUT2D eigenvalue weighted by Gasteiger charge is 2.26. The lowest BCUT2D eigenvalue weighted by atomic mass is 9.99. The molecule has 1 amide bonds. The van der Waals surface area contributed by atoms with Gasteiger partial charge in [-0.05, 0) is 49.9 Å². The number of rotatable bonds is 5. The third-order valence-corrected chi connectivity index (χ3v) is 4.54. The van der Waals surface area contributed by atoms with Crippen LogP contribution < -0.4 is 5.32 Å². The Morgan fingerprint density at radius 1 is 1.25 bits per heavy atom. The maximum atomic E-state index is 12.8. The van der Waals surface area contributed by atoms with E-state index in [0.717, 1.165) is 37.2 Å². The summed E-state index contributed by atoms with van der Waals surface area (Å²) < 4.78 is 0. The minimum Gasteiger partial charge on any atom is -0.379 e. The summed E-state index contributed by atoms with van der Waals surface area (Å²) in [7, 11) is 0. The van der Waals surface area contributed by atoms with E-state index in [0.29, 0.717) is 18.3 Å². The zero-order valence-electron chi connectivity index (χ0n) is 14.1. The van der Waals surface area contributed by atoms with Crippen LogP contribution in [-0.4, -0.2) is 33.4 Å². The lowest BCUT2D eigenvalue weighted by Crippen LogP contribution is -2.43. The summed E-state index contributed by atoms with van der Waals surface area (Å²) >= 11 is 0. The van der Waals surface area contributed by atoms with Gasteiger partial charge in [0.1, 0.15) is 5.69 Å². The Morgan fingerprint density at radius 2 is 2.17 bits per heavy atom. The predicted octanol–water partition coefficient (Wildman–Crippen LogP) is 3.49. The highest BCUT2D eigenvalue weighted by Crippen LogP contribution is 2.22. The predicted molar refractivity (Wildman–Crippen MR) is 94.8 cm³/mol. The number of pyridine rings is 2. The van der Waals surface area contributed by atoms with E-state index < -0.39 is 0 Å². The van der Waals surface area contributed by atoms with E-state index in [4.69, 9.17) is 0 Å². The molecule has 0 bridgehead atoms. The highest BCUT2D eigenvalue weighted by atomic mass is 16.2. The van der Waals surface area contributed by atoms with Crippen molar-refractivity contribution in [3.63, 3.8) is 0 Å². The molecule has 1 fully saturated rings. The van der Waals surface area contributed by atoms with Gasteiger partial charge in [-0.3, -0.25) is 14.8 Å². The van der Waals surface area contributed by atoms with Crippen LogP contribution in [0.2, 0.25) is 0 Å². The molecule has 0 spiro atoms. The second-order valence-corrected chi connectivity index (χ2v) is 6.16. The third-order valence-electron chi connectivity index (χ3n) is 4.54. The van der Waals surface area contributed by atoms with Crippen molar-refractivity contribution in [2.24, 2.45) is 0 Å². The van der Waals surface area contributed by atoms with E-state index in [9.17, 15) is 4.79 Å². The van der Waals surface area contributed by atoms with E-state index in [1.54, 1.807) is 12.4 Å². The molecule has 0 radical (unpaired) electrons. The first-order chi connectivity index (χ1) is 11.8. The van der Waals surface area contributed by atoms with Crippen molar-refractivity contribution in [2.45, 2.75) is 45.2 Å². The quantitative estimate of drug-likeness (QED) is 0.914. The van der Waals surface area contributed by atoms with Crippen molar-refractivity contribution in [3.8, 4) is 0 Å². The van der Waals surface area contributed by atoms with Crippen molar-refractivity contribution in [1.29, 1.82) is 0 Å². The minimum absolute atomic E-state index is 0.0445. The molecule has 3 rings (SSSR count). The molecule has 1 atom stereocenters. The van der Waals surface area contributed by atoms with Crippen molar-refractivity contribution in [3.05, 3.63) is 54.1 Å². The summed E-state index contributed by atoms with van der Waals surface area (Å²) in [5, 5.41) is 3.31. The second-order valence-electron chi connectivity index (χ2n) is 6.16. The van der Waals surface area contributed by atoms with Crippen LogP contribution in [0.3, 0.4) is 0 Å². The van der Waals surface area contributed by atoms with Gasteiger partial charge in [-0.25, -0.2) is 0 Å². The maximum absolute atomic E-state index is 12.8. The number of carbonyl (C=O) groups excluding carboxylic acids is 1. The fraction of sp³-hybridized carbons (Fsp3) is 0.421. The summed E-state index contributed by atoms with van der Waals surface area (Å²) in [6.45, 7) is 3.61. The van der Waals surface area contributed by atoms with Crippen LogP contribution in [0.25, 0.3) is 0 Å². The molecule has 1 unspecified atom stereocenters. The van der Waals surface area contributed by atoms with Gasteiger partial charge in [0, 0.05) is 30.7 Å². The average Bonchev–Trinajstić information content (AvgIpc) is 2.67. The number of nitrogens with zero attached hydrogens (tertiary/aromatic N) is 3. The Bertz CT molecular complexity index is 674. The number of likely N-dealkylation sites (tertiary alicyclic amines) is 1. The first-order valence-corrected chi connectivity index (χ1v) is 8.68. The number of carbonyl (C=O) groups is 1. The molecular formula is C19H24N4O. The van der Waals surface area contributed by atoms with Gasteiger partial charge in [-0.2, -0.15) is 0 Å². The van der Waals surface area contributed by atoms with Crippen LogP contribution in [0.4, 0.5) is 5.69 Å². The number of piperidine rings is 1. The van der Waals surface area contributed by atoms with Gasteiger partial charge in [-0.1, -0.05) is 13.0 Å². The summed E-state index contributed by atoms with van der Waals surface area (Å²) in [6.07, 6.45) is 7.86. The zero-order valence-corrected chi connectivity index (χ0v) is 14.1. The van der Waals surface area contributed by atoms with Crippen LogP contribution in [0.1, 0.15) is 48.8 Å². The van der Waals surface area contributed by atoms with E-state index in [1.165, 1.54) is 6.42 Å². The molecule has 5 nitrogen and oxygen atoms in total. The molecular weight excluding hydrogens is 300 g/mol. The molecule has 1 saturated heterocycles. The largest absolute Gasteiger partial charge is 0.379 e. The number of nitrogens with one attached hydrogen (secondary N) is 1. The molecule has 1 aliphatic heterocycles. The lowest BCUT2D eigenvalue weighted by molar-refractivity contribution is 0.0602. The van der Waals surface area contributed by atoms with Crippen LogP contribution >= 0.6 is 0 Å². The molecule has 0 aromatic carbocycles. The SMILES string of the molecule is CCC1CCCCN1C(=O)c1cc(NCc2ccccn2)ccn1. The lowest BCUT2D eigenvalue weighted by Gasteiger charge is -2.35. The molecule has 2 aromatic heterocycles. The van der Waals surface area contributed by atoms with Crippen LogP contribution in [0, 0.1) is 0 Å². The Hall–Kier alpha value is -2.43. The van der Waals surface area contributed by atoms with E-state index >= 15 is 0 Å². The molecule has 1 N–H and O–H groups in total. The number of aromatic nitrogens is 2. The standard InChI is InChI=1S/C19H24N4O/c1-2-17-8-4-6-12-23(17)19(24)18-13-15(9-11-21-18)22-14-16-7-3-5-10-20-16/h3,5,7,9-11,13,17H,2,4,6,8,12,14H2,1H3,(H,21,22). The highest BCUT2D eigenvalue weighted by molar-refractivity contribution is 5.93. The van der Waals surface area contributed by atoms with E-state index in [-0.39, 0.29) is 5.91 Å². The average molecular weight is 324 g/mol. The third kappa shape index (κ3) is 3.91. The van der Waals surface area contributed by atoms with Crippen LogP contribution in [0.5, 0.6) is 0 Å². The molecule has 1 aliphatic rings. The van der Waals surface area contributed by atoms with Crippen LogP contribution in [-0.2, 0) is 6.54 Å². The molecule has 126 valence electrons. The van der Waals surface area contributed by atoms with Crippen molar-refractivity contribution < 1.29 is 4.79 Å². The normalized spacial score (nSPS) is 17.5. The van der Waals surface area contributed by atoms with Crippen LogP contribution in [0.15, 0.2) is 42.7 Å². The molecule has 0 saturated carbocycles. The van der Waals surface area contributed by atoms with Gasteiger partial charge in [0.2, 0.25) is 0 Å². The summed E-state index contributed by atoms with van der Waals surface area (Å²) in [6, 6.07) is 9.90. The molecule has 2 aromatic rings. The Labute approximate surface area is 143 Å². The van der Waals surface area contributed by atoms with Gasteiger partial charge in [-0.15, -0.1) is 0 Å². The molecule has 0 aliphatic carbocycles. The van der Waals surface area contributed by atoms with E-state index in [2.05, 4.69) is 22.2 Å². The fourth-order valence-electron chi connectivity index (χ4n) is 3.19. The number of hydrogen-bond donors (Lipinski definition) is 1. The molecule has 3 heterocycles. The Balaban J connectivity index is 1.69. The fourth-order valence-corrected chi connectivity index (χ4v) is 3.19. The summed E-state index contributed by atoms with van der Waals surface area (Å²) in [4.78, 5) is 23.4. The van der Waals surface area contributed by atoms with Crippen molar-refractivity contribution in [2.75, 3.05) is 11.9 Å². The molecule has 5 heteroatoms. The second kappa shape index (κ2) is 7.90. The first kappa shape index (κ1) is 16.4. The number of amides is 1. The Kier molecular flexibility index (Phi) is 5.41. The summed E-state index contributed by atoms with van der Waals surface area (Å²) in [5.74, 6) is 0.0445. The smallest absolute Gasteiger partial charge is 0.272 e. The molecule has 24 heavy (non-hydrogen) atoms.